The van der Waals surface area contributed by atoms with E-state index in [2.05, 4.69) is 10.6 Å². The Bertz CT molecular complexity index is 931. The monoisotopic (exact) mass is 444 g/mol. The highest BCUT2D eigenvalue weighted by Crippen LogP contribution is 2.12. The lowest BCUT2D eigenvalue weighted by molar-refractivity contribution is -0.142. The van der Waals surface area contributed by atoms with Crippen molar-refractivity contribution in [2.45, 2.75) is 38.0 Å². The molecule has 0 saturated carbocycles. The number of rotatable bonds is 11. The molecule has 0 aliphatic carbocycles. The number of amides is 2. The quantitative estimate of drug-likeness (QED) is 0.349. The number of benzene rings is 2. The van der Waals surface area contributed by atoms with E-state index in [9.17, 15) is 29.4 Å². The van der Waals surface area contributed by atoms with Gasteiger partial charge in [-0.1, -0.05) is 42.5 Å². The second-order valence-electron chi connectivity index (χ2n) is 6.96. The average molecular weight is 444 g/mol. The lowest BCUT2D eigenvalue weighted by Gasteiger charge is -2.21. The third-order valence-electron chi connectivity index (χ3n) is 4.46. The van der Waals surface area contributed by atoms with Crippen molar-refractivity contribution in [3.63, 3.8) is 0 Å². The maximum atomic E-state index is 12.6. The Morgan fingerprint density at radius 2 is 1.50 bits per heavy atom. The predicted molar refractivity (Wildman–Crippen MR) is 112 cm³/mol. The zero-order valence-electron chi connectivity index (χ0n) is 17.1. The van der Waals surface area contributed by atoms with E-state index in [0.29, 0.717) is 11.1 Å². The van der Waals surface area contributed by atoms with Crippen LogP contribution in [0.1, 0.15) is 24.0 Å². The molecule has 32 heavy (non-hydrogen) atoms. The summed E-state index contributed by atoms with van der Waals surface area (Å²) in [6.07, 6.45) is -1.70. The molecule has 0 spiro atoms. The number of carboxylic acid groups (broad SMARTS) is 2. The molecule has 0 fully saturated rings. The standard InChI is InChI=1S/C22H24N2O8/c25-16-8-6-14(7-9-16)12-18(21(29)30)23-20(28)17(10-11-19(26)27)24-22(31)32-13-15-4-2-1-3-5-15/h1-9,17-18,25H,10-13H2,(H,23,28)(H,24,31)(H,26,27)(H,29,30)/t17-,18+/m1/s1. The number of aromatic hydroxyl groups is 1. The second kappa shape index (κ2) is 11.9. The number of aliphatic carboxylic acids is 2. The number of carbonyl (C=O) groups is 4. The predicted octanol–water partition coefficient (Wildman–Crippen LogP) is 1.66. The van der Waals surface area contributed by atoms with Crippen molar-refractivity contribution >= 4 is 23.9 Å². The summed E-state index contributed by atoms with van der Waals surface area (Å²) < 4.78 is 5.06. The first kappa shape index (κ1) is 24.2. The van der Waals surface area contributed by atoms with Gasteiger partial charge in [0.2, 0.25) is 5.91 Å². The van der Waals surface area contributed by atoms with Gasteiger partial charge in [-0.05, 0) is 29.7 Å². The molecule has 0 bridgehead atoms. The van der Waals surface area contributed by atoms with Crippen LogP contribution >= 0.6 is 0 Å². The molecule has 2 aromatic rings. The summed E-state index contributed by atoms with van der Waals surface area (Å²) in [5.41, 5.74) is 1.27. The summed E-state index contributed by atoms with van der Waals surface area (Å²) >= 11 is 0. The van der Waals surface area contributed by atoms with Crippen LogP contribution in [0.25, 0.3) is 0 Å². The third kappa shape index (κ3) is 8.34. The summed E-state index contributed by atoms with van der Waals surface area (Å²) in [5.74, 6) is -3.33. The molecule has 10 heteroatoms. The Kier molecular flexibility index (Phi) is 9.03. The van der Waals surface area contributed by atoms with Crippen LogP contribution in [0, 0.1) is 0 Å². The van der Waals surface area contributed by atoms with E-state index in [1.54, 1.807) is 30.3 Å². The number of ether oxygens (including phenoxy) is 1. The van der Waals surface area contributed by atoms with Gasteiger partial charge in [0.05, 0.1) is 0 Å². The van der Waals surface area contributed by atoms with E-state index < -0.39 is 42.4 Å². The Morgan fingerprint density at radius 1 is 0.844 bits per heavy atom. The number of carbonyl (C=O) groups excluding carboxylic acids is 2. The van der Waals surface area contributed by atoms with Crippen LogP contribution in [-0.2, 0) is 32.1 Å². The van der Waals surface area contributed by atoms with Gasteiger partial charge in [-0.25, -0.2) is 9.59 Å². The largest absolute Gasteiger partial charge is 0.508 e. The molecule has 0 radical (unpaired) electrons. The van der Waals surface area contributed by atoms with Crippen molar-refractivity contribution in [2.75, 3.05) is 0 Å². The molecule has 170 valence electrons. The third-order valence-corrected chi connectivity index (χ3v) is 4.46. The maximum absolute atomic E-state index is 12.6. The van der Waals surface area contributed by atoms with Gasteiger partial charge >= 0.3 is 18.0 Å². The fourth-order valence-electron chi connectivity index (χ4n) is 2.78. The molecular formula is C22H24N2O8. The molecular weight excluding hydrogens is 420 g/mol. The van der Waals surface area contributed by atoms with Crippen molar-refractivity contribution in [2.24, 2.45) is 0 Å². The van der Waals surface area contributed by atoms with E-state index in [1.807, 2.05) is 0 Å². The number of phenols is 1. The second-order valence-corrected chi connectivity index (χ2v) is 6.96. The molecule has 0 aromatic heterocycles. The fourth-order valence-corrected chi connectivity index (χ4v) is 2.78. The van der Waals surface area contributed by atoms with Crippen LogP contribution in [0.15, 0.2) is 54.6 Å². The summed E-state index contributed by atoms with van der Waals surface area (Å²) in [6, 6.07) is 12.0. The number of hydrogen-bond acceptors (Lipinski definition) is 6. The lowest BCUT2D eigenvalue weighted by atomic mass is 10.0. The zero-order valence-corrected chi connectivity index (χ0v) is 17.1. The van der Waals surface area contributed by atoms with Crippen LogP contribution in [0.3, 0.4) is 0 Å². The van der Waals surface area contributed by atoms with E-state index >= 15 is 0 Å². The highest BCUT2D eigenvalue weighted by atomic mass is 16.5. The maximum Gasteiger partial charge on any atom is 0.408 e. The van der Waals surface area contributed by atoms with Gasteiger partial charge in [0.25, 0.3) is 0 Å². The van der Waals surface area contributed by atoms with Gasteiger partial charge in [-0.3, -0.25) is 9.59 Å². The van der Waals surface area contributed by atoms with E-state index in [-0.39, 0.29) is 25.2 Å². The highest BCUT2D eigenvalue weighted by molar-refractivity contribution is 5.89. The smallest absolute Gasteiger partial charge is 0.408 e. The molecule has 5 N–H and O–H groups in total. The molecule has 0 saturated heterocycles. The molecule has 0 unspecified atom stereocenters. The van der Waals surface area contributed by atoms with Gasteiger partial charge in [0, 0.05) is 12.8 Å². The topological polar surface area (TPSA) is 162 Å². The van der Waals surface area contributed by atoms with E-state index in [0.717, 1.165) is 0 Å². The number of hydrogen-bond donors (Lipinski definition) is 5. The van der Waals surface area contributed by atoms with Gasteiger partial charge in [0.1, 0.15) is 24.4 Å². The molecule has 2 amide bonds. The Hall–Kier alpha value is -4.08. The van der Waals surface area contributed by atoms with Crippen LogP contribution in [0.2, 0.25) is 0 Å². The van der Waals surface area contributed by atoms with Gasteiger partial charge in [0.15, 0.2) is 0 Å². The van der Waals surface area contributed by atoms with Gasteiger partial charge in [-0.15, -0.1) is 0 Å². The minimum atomic E-state index is -1.33. The minimum absolute atomic E-state index is 0.0108. The van der Waals surface area contributed by atoms with Crippen molar-refractivity contribution in [1.29, 1.82) is 0 Å². The molecule has 0 aliphatic rings. The van der Waals surface area contributed by atoms with Gasteiger partial charge < -0.3 is 30.7 Å². The number of carboxylic acids is 2. The molecule has 2 aromatic carbocycles. The van der Waals surface area contributed by atoms with Crippen molar-refractivity contribution in [3.8, 4) is 5.75 Å². The summed E-state index contributed by atoms with van der Waals surface area (Å²) in [7, 11) is 0. The van der Waals surface area contributed by atoms with Crippen LogP contribution in [0.4, 0.5) is 4.79 Å². The Balaban J connectivity index is 2.01. The highest BCUT2D eigenvalue weighted by Gasteiger charge is 2.27. The van der Waals surface area contributed by atoms with Crippen LogP contribution in [0.5, 0.6) is 5.75 Å². The Labute approximate surface area is 183 Å². The van der Waals surface area contributed by atoms with Crippen molar-refractivity contribution in [3.05, 3.63) is 65.7 Å². The average Bonchev–Trinajstić information content (AvgIpc) is 2.76. The normalized spacial score (nSPS) is 12.2. The zero-order chi connectivity index (χ0) is 23.5. The summed E-state index contributed by atoms with van der Waals surface area (Å²) in [4.78, 5) is 47.3. The molecule has 0 aliphatic heterocycles. The molecule has 2 atom stereocenters. The molecule has 2 rings (SSSR count). The minimum Gasteiger partial charge on any atom is -0.508 e. The first-order valence-corrected chi connectivity index (χ1v) is 9.74. The van der Waals surface area contributed by atoms with Crippen LogP contribution < -0.4 is 10.6 Å². The van der Waals surface area contributed by atoms with E-state index in [4.69, 9.17) is 9.84 Å². The molecule has 0 heterocycles. The van der Waals surface area contributed by atoms with Crippen LogP contribution in [-0.4, -0.2) is 51.3 Å². The Morgan fingerprint density at radius 3 is 2.09 bits per heavy atom. The van der Waals surface area contributed by atoms with Crippen molar-refractivity contribution < 1.29 is 39.2 Å². The van der Waals surface area contributed by atoms with E-state index in [1.165, 1.54) is 24.3 Å². The summed E-state index contributed by atoms with van der Waals surface area (Å²) in [5, 5.41) is 32.3. The number of alkyl carbamates (subject to hydrolysis) is 1. The SMILES string of the molecule is O=C(O)CC[C@@H](NC(=O)OCc1ccccc1)C(=O)N[C@@H](Cc1ccc(O)cc1)C(=O)O. The summed E-state index contributed by atoms with van der Waals surface area (Å²) in [6.45, 7) is -0.0570. The number of nitrogens with one attached hydrogen (secondary N) is 2. The van der Waals surface area contributed by atoms with Gasteiger partial charge in [-0.2, -0.15) is 0 Å². The first-order chi connectivity index (χ1) is 15.2. The van der Waals surface area contributed by atoms with Crippen molar-refractivity contribution in [1.82, 2.24) is 10.6 Å². The fraction of sp³-hybridized carbons (Fsp3) is 0.273. The molecule has 10 nitrogen and oxygen atoms in total. The number of phenolic OH excluding ortho intramolecular Hbond substituents is 1. The lowest BCUT2D eigenvalue weighted by Crippen LogP contribution is -2.52. The first-order valence-electron chi connectivity index (χ1n) is 9.74.